The first-order valence-corrected chi connectivity index (χ1v) is 9.61. The van der Waals surface area contributed by atoms with E-state index in [1.165, 1.54) is 12.1 Å². The molecule has 0 N–H and O–H groups in total. The highest BCUT2D eigenvalue weighted by Crippen LogP contribution is 2.24. The Morgan fingerprint density at radius 2 is 1.70 bits per heavy atom. The van der Waals surface area contributed by atoms with Crippen molar-refractivity contribution in [2.24, 2.45) is 5.16 Å². The van der Waals surface area contributed by atoms with Crippen LogP contribution in [0.3, 0.4) is 0 Å². The van der Waals surface area contributed by atoms with Crippen molar-refractivity contribution < 1.29 is 19.2 Å². The van der Waals surface area contributed by atoms with Gasteiger partial charge in [0.25, 0.3) is 0 Å². The van der Waals surface area contributed by atoms with Gasteiger partial charge in [-0.3, -0.25) is 0 Å². The van der Waals surface area contributed by atoms with Crippen molar-refractivity contribution in [1.29, 1.82) is 0 Å². The van der Waals surface area contributed by atoms with Crippen molar-refractivity contribution in [2.45, 2.75) is 0 Å². The van der Waals surface area contributed by atoms with Crippen LogP contribution in [0.1, 0.15) is 21.5 Å². The number of ether oxygens (including phenoxy) is 1. The van der Waals surface area contributed by atoms with Gasteiger partial charge in [-0.1, -0.05) is 70.8 Å². The molecule has 0 saturated carbocycles. The van der Waals surface area contributed by atoms with Crippen molar-refractivity contribution in [1.82, 2.24) is 0 Å². The molecule has 0 fully saturated rings. The molecule has 0 aliphatic carbocycles. The largest absolute Gasteiger partial charge is 0.423 e. The number of hydrogen-bond acceptors (Lipinski definition) is 5. The van der Waals surface area contributed by atoms with Crippen molar-refractivity contribution in [2.75, 3.05) is 0 Å². The maximum Gasteiger partial charge on any atom is 0.368 e. The summed E-state index contributed by atoms with van der Waals surface area (Å²) in [6.45, 7) is 0. The summed E-state index contributed by atoms with van der Waals surface area (Å²) in [5.41, 5.74) is 2.52. The summed E-state index contributed by atoms with van der Waals surface area (Å²) in [6, 6.07) is 20.5. The molecule has 30 heavy (non-hydrogen) atoms. The van der Waals surface area contributed by atoms with E-state index in [0.29, 0.717) is 22.1 Å². The normalized spacial score (nSPS) is 14.4. The van der Waals surface area contributed by atoms with Crippen molar-refractivity contribution in [3.05, 3.63) is 105 Å². The van der Waals surface area contributed by atoms with Crippen LogP contribution in [0.4, 0.5) is 0 Å². The molecule has 0 atom stereocenters. The highest BCUT2D eigenvalue weighted by Gasteiger charge is 2.26. The van der Waals surface area contributed by atoms with Gasteiger partial charge in [-0.15, -0.1) is 0 Å². The number of carbonyl (C=O) groups excluding carboxylic acids is 2. The van der Waals surface area contributed by atoms with Crippen LogP contribution < -0.4 is 4.74 Å². The third kappa shape index (κ3) is 4.27. The number of esters is 1. The summed E-state index contributed by atoms with van der Waals surface area (Å²) >= 11 is 11.9. The van der Waals surface area contributed by atoms with E-state index in [2.05, 4.69) is 5.16 Å². The van der Waals surface area contributed by atoms with Crippen LogP contribution in [0.15, 0.2) is 83.5 Å². The second-order valence-electron chi connectivity index (χ2n) is 6.33. The summed E-state index contributed by atoms with van der Waals surface area (Å²) in [4.78, 5) is 29.2. The first kappa shape index (κ1) is 19.9. The third-order valence-corrected chi connectivity index (χ3v) is 4.84. The van der Waals surface area contributed by atoms with Gasteiger partial charge in [0.1, 0.15) is 11.5 Å². The molecule has 0 radical (unpaired) electrons. The average Bonchev–Trinajstić information content (AvgIpc) is 3.10. The molecule has 0 amide bonds. The first-order valence-electron chi connectivity index (χ1n) is 8.85. The van der Waals surface area contributed by atoms with Crippen LogP contribution in [-0.4, -0.2) is 17.7 Å². The summed E-state index contributed by atoms with van der Waals surface area (Å²) in [6.07, 6.45) is 1.67. The predicted octanol–water partition coefficient (Wildman–Crippen LogP) is 5.56. The third-order valence-electron chi connectivity index (χ3n) is 4.29. The zero-order chi connectivity index (χ0) is 21.1. The second kappa shape index (κ2) is 8.53. The Balaban J connectivity index is 1.53. The molecule has 1 aliphatic heterocycles. The molecule has 3 aromatic rings. The molecular formula is C23H13Cl2NO4. The maximum absolute atomic E-state index is 12.3. The molecule has 0 spiro atoms. The van der Waals surface area contributed by atoms with Crippen LogP contribution in [0.5, 0.6) is 5.75 Å². The van der Waals surface area contributed by atoms with E-state index < -0.39 is 11.9 Å². The maximum atomic E-state index is 12.3. The lowest BCUT2D eigenvalue weighted by molar-refractivity contribution is -0.136. The fourth-order valence-electron chi connectivity index (χ4n) is 2.83. The van der Waals surface area contributed by atoms with Crippen LogP contribution in [0.2, 0.25) is 10.0 Å². The lowest BCUT2D eigenvalue weighted by atomic mass is 10.0. The SMILES string of the molecule is O=C1ON=C(c2ccccc2)/C1=C/c1ccc(OC(=O)c2ccc(Cl)cc2Cl)cc1. The highest BCUT2D eigenvalue weighted by atomic mass is 35.5. The smallest absolute Gasteiger partial charge is 0.368 e. The molecule has 0 aromatic heterocycles. The number of rotatable bonds is 4. The Hall–Kier alpha value is -3.41. The van der Waals surface area contributed by atoms with E-state index in [4.69, 9.17) is 32.8 Å². The second-order valence-corrected chi connectivity index (χ2v) is 7.17. The molecule has 4 rings (SSSR count). The number of carbonyl (C=O) groups is 2. The Kier molecular flexibility index (Phi) is 5.65. The van der Waals surface area contributed by atoms with Gasteiger partial charge in [-0.25, -0.2) is 9.59 Å². The molecule has 148 valence electrons. The highest BCUT2D eigenvalue weighted by molar-refractivity contribution is 6.36. The summed E-state index contributed by atoms with van der Waals surface area (Å²) in [7, 11) is 0. The Labute approximate surface area is 182 Å². The molecule has 1 aliphatic rings. The lowest BCUT2D eigenvalue weighted by Crippen LogP contribution is -2.09. The van der Waals surface area contributed by atoms with Crippen LogP contribution in [0, 0.1) is 0 Å². The van der Waals surface area contributed by atoms with Gasteiger partial charge in [0.2, 0.25) is 0 Å². The Morgan fingerprint density at radius 3 is 2.40 bits per heavy atom. The number of hydrogen-bond donors (Lipinski definition) is 0. The topological polar surface area (TPSA) is 65.0 Å². The number of oxime groups is 1. The van der Waals surface area contributed by atoms with Crippen LogP contribution in [-0.2, 0) is 9.63 Å². The molecule has 5 nitrogen and oxygen atoms in total. The zero-order valence-corrected chi connectivity index (χ0v) is 16.9. The fraction of sp³-hybridized carbons (Fsp3) is 0. The molecule has 0 unspecified atom stereocenters. The predicted molar refractivity (Wildman–Crippen MR) is 115 cm³/mol. The summed E-state index contributed by atoms with van der Waals surface area (Å²) < 4.78 is 5.36. The molecule has 0 saturated heterocycles. The molecule has 7 heteroatoms. The molecule has 1 heterocycles. The van der Waals surface area contributed by atoms with Crippen LogP contribution >= 0.6 is 23.2 Å². The van der Waals surface area contributed by atoms with E-state index in [-0.39, 0.29) is 10.6 Å². The summed E-state index contributed by atoms with van der Waals surface area (Å²) in [5.74, 6) is -0.790. The van der Waals surface area contributed by atoms with E-state index >= 15 is 0 Å². The fourth-order valence-corrected chi connectivity index (χ4v) is 3.32. The van der Waals surface area contributed by atoms with Crippen molar-refractivity contribution in [3.63, 3.8) is 0 Å². The van der Waals surface area contributed by atoms with Crippen molar-refractivity contribution in [3.8, 4) is 5.75 Å². The zero-order valence-electron chi connectivity index (χ0n) is 15.3. The number of nitrogens with zero attached hydrogens (tertiary/aromatic N) is 1. The van der Waals surface area contributed by atoms with Gasteiger partial charge in [0.05, 0.1) is 16.2 Å². The minimum absolute atomic E-state index is 0.210. The van der Waals surface area contributed by atoms with Gasteiger partial charge in [-0.05, 0) is 42.0 Å². The van der Waals surface area contributed by atoms with Gasteiger partial charge in [-0.2, -0.15) is 0 Å². The van der Waals surface area contributed by atoms with Crippen LogP contribution in [0.25, 0.3) is 6.08 Å². The van der Waals surface area contributed by atoms with Gasteiger partial charge in [0, 0.05) is 10.6 Å². The Bertz CT molecular complexity index is 1190. The van der Waals surface area contributed by atoms with E-state index in [0.717, 1.165) is 11.1 Å². The molecule has 0 bridgehead atoms. The van der Waals surface area contributed by atoms with Crippen molar-refractivity contribution >= 4 is 46.9 Å². The quantitative estimate of drug-likeness (QED) is 0.232. The summed E-state index contributed by atoms with van der Waals surface area (Å²) in [5, 5.41) is 4.52. The van der Waals surface area contributed by atoms with Gasteiger partial charge >= 0.3 is 11.9 Å². The van der Waals surface area contributed by atoms with E-state index in [9.17, 15) is 9.59 Å². The van der Waals surface area contributed by atoms with Gasteiger partial charge in [0.15, 0.2) is 0 Å². The average molecular weight is 438 g/mol. The van der Waals surface area contributed by atoms with Gasteiger partial charge < -0.3 is 9.57 Å². The Morgan fingerprint density at radius 1 is 0.967 bits per heavy atom. The number of benzene rings is 3. The van der Waals surface area contributed by atoms with E-state index in [1.54, 1.807) is 36.4 Å². The van der Waals surface area contributed by atoms with E-state index in [1.807, 2.05) is 30.3 Å². The molecular weight excluding hydrogens is 425 g/mol. The minimum atomic E-state index is -0.597. The lowest BCUT2D eigenvalue weighted by Gasteiger charge is -2.07. The monoisotopic (exact) mass is 437 g/mol. The first-order chi connectivity index (χ1) is 14.5. The number of halogens is 2. The molecule has 3 aromatic carbocycles. The standard InChI is InChI=1S/C23H13Cl2NO4/c24-16-8-11-18(20(25)13-16)22(27)29-17-9-6-14(7-10-17)12-19-21(26-30-23(19)28)15-4-2-1-3-5-15/h1-13H/b19-12-. The minimum Gasteiger partial charge on any atom is -0.423 e.